The van der Waals surface area contributed by atoms with Gasteiger partial charge in [-0.05, 0) is 54.3 Å². The number of aryl methyl sites for hydroxylation is 1. The highest BCUT2D eigenvalue weighted by Gasteiger charge is 2.22. The van der Waals surface area contributed by atoms with Crippen LogP contribution >= 0.6 is 0 Å². The van der Waals surface area contributed by atoms with Crippen LogP contribution in [0.1, 0.15) is 27.0 Å². The van der Waals surface area contributed by atoms with Gasteiger partial charge < -0.3 is 9.64 Å². The molecule has 1 amide bonds. The Balaban J connectivity index is 1.87. The van der Waals surface area contributed by atoms with Crippen molar-refractivity contribution in [1.82, 2.24) is 9.88 Å². The van der Waals surface area contributed by atoms with Gasteiger partial charge in [-0.2, -0.15) is 0 Å². The fraction of sp³-hybridized carbons (Fsp3) is 0.217. The van der Waals surface area contributed by atoms with Gasteiger partial charge in [0.2, 0.25) is 0 Å². The molecule has 0 unspecified atom stereocenters. The SMILES string of the molecule is COc1cccc(C)c1C(=O)N(CCc1ccc(F)cc1)Cc1cccnc1. The smallest absolute Gasteiger partial charge is 0.258 e. The third-order valence-corrected chi connectivity index (χ3v) is 4.64. The molecule has 0 saturated heterocycles. The lowest BCUT2D eigenvalue weighted by Crippen LogP contribution is -2.33. The Morgan fingerprint density at radius 2 is 1.86 bits per heavy atom. The molecule has 2 aromatic carbocycles. The van der Waals surface area contributed by atoms with E-state index in [1.54, 1.807) is 42.6 Å². The number of benzene rings is 2. The molecule has 0 radical (unpaired) electrons. The highest BCUT2D eigenvalue weighted by Crippen LogP contribution is 2.24. The average molecular weight is 378 g/mol. The molecule has 1 aromatic heterocycles. The van der Waals surface area contributed by atoms with Crippen molar-refractivity contribution in [1.29, 1.82) is 0 Å². The molecule has 0 fully saturated rings. The summed E-state index contributed by atoms with van der Waals surface area (Å²) < 4.78 is 18.6. The van der Waals surface area contributed by atoms with Crippen LogP contribution in [0.3, 0.4) is 0 Å². The van der Waals surface area contributed by atoms with Crippen molar-refractivity contribution in [2.24, 2.45) is 0 Å². The van der Waals surface area contributed by atoms with Crippen molar-refractivity contribution >= 4 is 5.91 Å². The van der Waals surface area contributed by atoms with E-state index in [4.69, 9.17) is 4.74 Å². The van der Waals surface area contributed by atoms with Gasteiger partial charge in [-0.25, -0.2) is 4.39 Å². The zero-order chi connectivity index (χ0) is 19.9. The topological polar surface area (TPSA) is 42.4 Å². The quantitative estimate of drug-likeness (QED) is 0.611. The summed E-state index contributed by atoms with van der Waals surface area (Å²) in [4.78, 5) is 19.3. The van der Waals surface area contributed by atoms with Crippen LogP contribution in [0.25, 0.3) is 0 Å². The molecule has 0 aliphatic heterocycles. The third kappa shape index (κ3) is 4.74. The van der Waals surface area contributed by atoms with E-state index in [1.165, 1.54) is 12.1 Å². The van der Waals surface area contributed by atoms with Crippen LogP contribution in [0, 0.1) is 12.7 Å². The summed E-state index contributed by atoms with van der Waals surface area (Å²) in [6.45, 7) is 2.83. The molecule has 5 heteroatoms. The molecule has 28 heavy (non-hydrogen) atoms. The number of nitrogens with zero attached hydrogens (tertiary/aromatic N) is 2. The standard InChI is InChI=1S/C23H23FN2O2/c1-17-5-3-7-21(28-2)22(17)23(27)26(16-19-6-4-13-25-15-19)14-12-18-8-10-20(24)11-9-18/h3-11,13,15H,12,14,16H2,1-2H3. The number of halogens is 1. The van der Waals surface area contributed by atoms with E-state index in [0.717, 1.165) is 16.7 Å². The van der Waals surface area contributed by atoms with Gasteiger partial charge in [-0.1, -0.05) is 30.3 Å². The minimum atomic E-state index is -0.267. The van der Waals surface area contributed by atoms with Crippen molar-refractivity contribution in [3.8, 4) is 5.75 Å². The molecular formula is C23H23FN2O2. The summed E-state index contributed by atoms with van der Waals surface area (Å²) >= 11 is 0. The van der Waals surface area contributed by atoms with Crippen molar-refractivity contribution in [3.05, 3.63) is 95.1 Å². The van der Waals surface area contributed by atoms with E-state index in [9.17, 15) is 9.18 Å². The van der Waals surface area contributed by atoms with E-state index < -0.39 is 0 Å². The second-order valence-corrected chi connectivity index (χ2v) is 6.62. The molecule has 0 atom stereocenters. The second kappa shape index (κ2) is 9.13. The maximum Gasteiger partial charge on any atom is 0.258 e. The predicted molar refractivity (Wildman–Crippen MR) is 107 cm³/mol. The molecule has 1 heterocycles. The van der Waals surface area contributed by atoms with Crippen molar-refractivity contribution in [2.75, 3.05) is 13.7 Å². The molecule has 0 N–H and O–H groups in total. The van der Waals surface area contributed by atoms with Crippen LogP contribution in [-0.4, -0.2) is 29.4 Å². The molecule has 0 aliphatic carbocycles. The molecule has 0 spiro atoms. The van der Waals surface area contributed by atoms with Gasteiger partial charge in [0, 0.05) is 25.5 Å². The summed E-state index contributed by atoms with van der Waals surface area (Å²) in [6.07, 6.45) is 4.09. The number of ether oxygens (including phenoxy) is 1. The molecule has 144 valence electrons. The molecule has 0 aliphatic rings. The number of pyridine rings is 1. The minimum absolute atomic E-state index is 0.0964. The Labute approximate surface area is 164 Å². The highest BCUT2D eigenvalue weighted by atomic mass is 19.1. The van der Waals surface area contributed by atoms with E-state index in [1.807, 2.05) is 31.2 Å². The summed E-state index contributed by atoms with van der Waals surface area (Å²) in [5.41, 5.74) is 3.35. The molecule has 3 rings (SSSR count). The molecule has 4 nitrogen and oxygen atoms in total. The van der Waals surface area contributed by atoms with Gasteiger partial charge in [0.05, 0.1) is 12.7 Å². The molecule has 0 bridgehead atoms. The maximum absolute atomic E-state index is 13.4. The van der Waals surface area contributed by atoms with E-state index in [-0.39, 0.29) is 11.7 Å². The highest BCUT2D eigenvalue weighted by molar-refractivity contribution is 5.98. The van der Waals surface area contributed by atoms with Crippen molar-refractivity contribution in [3.63, 3.8) is 0 Å². The van der Waals surface area contributed by atoms with Gasteiger partial charge >= 0.3 is 0 Å². The first-order valence-corrected chi connectivity index (χ1v) is 9.14. The van der Waals surface area contributed by atoms with Crippen molar-refractivity contribution < 1.29 is 13.9 Å². The first-order chi connectivity index (χ1) is 13.6. The van der Waals surface area contributed by atoms with E-state index in [2.05, 4.69) is 4.98 Å². The zero-order valence-corrected chi connectivity index (χ0v) is 16.1. The van der Waals surface area contributed by atoms with Gasteiger partial charge in [-0.15, -0.1) is 0 Å². The second-order valence-electron chi connectivity index (χ2n) is 6.62. The Hall–Kier alpha value is -3.21. The van der Waals surface area contributed by atoms with Crippen LogP contribution in [0.4, 0.5) is 4.39 Å². The van der Waals surface area contributed by atoms with Crippen LogP contribution in [0.5, 0.6) is 5.75 Å². The summed E-state index contributed by atoms with van der Waals surface area (Å²) in [5, 5.41) is 0. The first kappa shape index (κ1) is 19.5. The molecule has 3 aromatic rings. The van der Waals surface area contributed by atoms with Gasteiger partial charge in [0.15, 0.2) is 0 Å². The Morgan fingerprint density at radius 3 is 2.54 bits per heavy atom. The molecule has 0 saturated carbocycles. The van der Waals surface area contributed by atoms with Crippen LogP contribution in [0.2, 0.25) is 0 Å². The zero-order valence-electron chi connectivity index (χ0n) is 16.1. The van der Waals surface area contributed by atoms with Gasteiger partial charge in [-0.3, -0.25) is 9.78 Å². The fourth-order valence-electron chi connectivity index (χ4n) is 3.12. The van der Waals surface area contributed by atoms with Gasteiger partial charge in [0.1, 0.15) is 11.6 Å². The number of carbonyl (C=O) groups is 1. The third-order valence-electron chi connectivity index (χ3n) is 4.64. The van der Waals surface area contributed by atoms with Gasteiger partial charge in [0.25, 0.3) is 5.91 Å². The lowest BCUT2D eigenvalue weighted by molar-refractivity contribution is 0.0740. The number of hydrogen-bond acceptors (Lipinski definition) is 3. The summed E-state index contributed by atoms with van der Waals surface area (Å²) in [7, 11) is 1.57. The number of rotatable bonds is 7. The molecular weight excluding hydrogens is 355 g/mol. The number of aromatic nitrogens is 1. The fourth-order valence-corrected chi connectivity index (χ4v) is 3.12. The average Bonchev–Trinajstić information content (AvgIpc) is 2.72. The predicted octanol–water partition coefficient (Wildman–Crippen LogP) is 4.42. The first-order valence-electron chi connectivity index (χ1n) is 9.14. The van der Waals surface area contributed by atoms with E-state index >= 15 is 0 Å². The van der Waals surface area contributed by atoms with Crippen LogP contribution in [-0.2, 0) is 13.0 Å². The lowest BCUT2D eigenvalue weighted by Gasteiger charge is -2.25. The largest absolute Gasteiger partial charge is 0.496 e. The summed E-state index contributed by atoms with van der Waals surface area (Å²) in [5.74, 6) is 0.195. The van der Waals surface area contributed by atoms with Crippen LogP contribution < -0.4 is 4.74 Å². The number of methoxy groups -OCH3 is 1. The number of hydrogen-bond donors (Lipinski definition) is 0. The normalized spacial score (nSPS) is 10.5. The monoisotopic (exact) mass is 378 g/mol. The maximum atomic E-state index is 13.4. The lowest BCUT2D eigenvalue weighted by atomic mass is 10.0. The Bertz CT molecular complexity index is 927. The summed E-state index contributed by atoms with van der Waals surface area (Å²) in [6, 6.07) is 15.7. The van der Waals surface area contributed by atoms with Crippen LogP contribution in [0.15, 0.2) is 67.0 Å². The Morgan fingerprint density at radius 1 is 1.07 bits per heavy atom. The number of carbonyl (C=O) groups excluding carboxylic acids is 1. The van der Waals surface area contributed by atoms with Crippen molar-refractivity contribution in [2.45, 2.75) is 19.9 Å². The number of amides is 1. The minimum Gasteiger partial charge on any atom is -0.496 e. The Kier molecular flexibility index (Phi) is 6.37. The van der Waals surface area contributed by atoms with E-state index in [0.29, 0.717) is 30.8 Å².